The van der Waals surface area contributed by atoms with E-state index in [-0.39, 0.29) is 25.0 Å². The second kappa shape index (κ2) is 5.44. The first-order valence-electron chi connectivity index (χ1n) is 6.52. The molecule has 0 fully saturated rings. The van der Waals surface area contributed by atoms with Crippen molar-refractivity contribution in [3.8, 4) is 11.5 Å². The van der Waals surface area contributed by atoms with Crippen molar-refractivity contribution in [3.63, 3.8) is 0 Å². The Bertz CT molecular complexity index is 627. The zero-order valence-corrected chi connectivity index (χ0v) is 11.5. The van der Waals surface area contributed by atoms with Crippen molar-refractivity contribution < 1.29 is 14.9 Å². The summed E-state index contributed by atoms with van der Waals surface area (Å²) in [6, 6.07) is 13.0. The van der Waals surface area contributed by atoms with E-state index in [2.05, 4.69) is 0 Å². The molecule has 0 spiro atoms. The fraction of sp³-hybridized carbons (Fsp3) is 0.250. The highest BCUT2D eigenvalue weighted by Crippen LogP contribution is 2.46. The van der Waals surface area contributed by atoms with Gasteiger partial charge < -0.3 is 14.9 Å². The molecule has 0 saturated heterocycles. The third-order valence-electron chi connectivity index (χ3n) is 3.79. The molecule has 2 N–H and O–H groups in total. The van der Waals surface area contributed by atoms with Gasteiger partial charge in [-0.05, 0) is 24.3 Å². The van der Waals surface area contributed by atoms with Gasteiger partial charge in [0.15, 0.2) is 0 Å². The first-order chi connectivity index (χ1) is 9.74. The van der Waals surface area contributed by atoms with Crippen LogP contribution in [0.3, 0.4) is 0 Å². The first-order valence-corrected chi connectivity index (χ1v) is 6.90. The maximum atomic E-state index is 9.77. The Morgan fingerprint density at radius 2 is 1.55 bits per heavy atom. The molecule has 0 amide bonds. The van der Waals surface area contributed by atoms with Gasteiger partial charge in [0.05, 0.1) is 13.2 Å². The normalized spacial score (nSPS) is 20.6. The molecule has 3 rings (SSSR count). The summed E-state index contributed by atoms with van der Waals surface area (Å²) in [5.41, 5.74) is 1.73. The number of hydrogen-bond acceptors (Lipinski definition) is 3. The molecule has 0 aliphatic carbocycles. The third-order valence-corrected chi connectivity index (χ3v) is 4.02. The van der Waals surface area contributed by atoms with Gasteiger partial charge in [-0.3, -0.25) is 0 Å². The predicted octanol–water partition coefficient (Wildman–Crippen LogP) is 3.30. The van der Waals surface area contributed by atoms with Crippen molar-refractivity contribution in [2.24, 2.45) is 0 Å². The number of hydrogen-bond donors (Lipinski definition) is 2. The van der Waals surface area contributed by atoms with Gasteiger partial charge in [0.2, 0.25) is 0 Å². The van der Waals surface area contributed by atoms with E-state index in [1.54, 1.807) is 18.2 Å². The molecule has 0 bridgehead atoms. The van der Waals surface area contributed by atoms with Gasteiger partial charge in [-0.1, -0.05) is 29.8 Å². The lowest BCUT2D eigenvalue weighted by Gasteiger charge is -2.23. The van der Waals surface area contributed by atoms with Crippen molar-refractivity contribution in [2.45, 2.75) is 11.8 Å². The second-order valence-electron chi connectivity index (χ2n) is 4.90. The van der Waals surface area contributed by atoms with Crippen molar-refractivity contribution in [3.05, 3.63) is 58.6 Å². The predicted molar refractivity (Wildman–Crippen MR) is 77.6 cm³/mol. The number of ether oxygens (including phenoxy) is 1. The van der Waals surface area contributed by atoms with Crippen LogP contribution >= 0.6 is 11.6 Å². The molecule has 2 aromatic carbocycles. The monoisotopic (exact) mass is 290 g/mol. The van der Waals surface area contributed by atoms with Gasteiger partial charge in [-0.15, -0.1) is 0 Å². The van der Waals surface area contributed by atoms with E-state index in [9.17, 15) is 10.2 Å². The lowest BCUT2D eigenvalue weighted by Crippen LogP contribution is -2.17. The number of benzene rings is 2. The summed E-state index contributed by atoms with van der Waals surface area (Å²) < 4.78 is 5.94. The molecule has 0 aromatic heterocycles. The second-order valence-corrected chi connectivity index (χ2v) is 5.34. The van der Waals surface area contributed by atoms with Crippen LogP contribution < -0.4 is 4.74 Å². The molecular formula is C16H15ClO3. The Hall–Kier alpha value is -1.55. The highest BCUT2D eigenvalue weighted by Gasteiger charge is 2.31. The van der Waals surface area contributed by atoms with Crippen molar-refractivity contribution in [2.75, 3.05) is 13.2 Å². The van der Waals surface area contributed by atoms with Gasteiger partial charge >= 0.3 is 0 Å². The number of para-hydroxylation sites is 1. The van der Waals surface area contributed by atoms with Crippen LogP contribution in [0.4, 0.5) is 0 Å². The maximum absolute atomic E-state index is 9.77. The van der Waals surface area contributed by atoms with E-state index in [4.69, 9.17) is 16.3 Å². The fourth-order valence-electron chi connectivity index (χ4n) is 2.78. The molecule has 104 valence electrons. The van der Waals surface area contributed by atoms with Crippen LogP contribution in [0.2, 0.25) is 5.02 Å². The summed E-state index contributed by atoms with van der Waals surface area (Å²) >= 11 is 6.05. The van der Waals surface area contributed by atoms with Gasteiger partial charge in [-0.2, -0.15) is 0 Å². The van der Waals surface area contributed by atoms with E-state index in [1.807, 2.05) is 24.3 Å². The van der Waals surface area contributed by atoms with E-state index in [0.717, 1.165) is 11.1 Å². The molecule has 1 aliphatic heterocycles. The van der Waals surface area contributed by atoms with Crippen LogP contribution in [0.25, 0.3) is 0 Å². The molecule has 1 heterocycles. The maximum Gasteiger partial charge on any atom is 0.131 e. The van der Waals surface area contributed by atoms with Gasteiger partial charge in [0.25, 0.3) is 0 Å². The number of halogens is 1. The standard InChI is InChI=1S/C16H15ClO3/c17-10-5-6-16-12(7-10)14(9-19)13(8-18)11-3-1-2-4-15(11)20-16/h1-7,13-14,18-19H,8-9H2. The quantitative estimate of drug-likeness (QED) is 0.892. The Kier molecular flexibility index (Phi) is 3.66. The van der Waals surface area contributed by atoms with E-state index >= 15 is 0 Å². The first kappa shape index (κ1) is 13.4. The van der Waals surface area contributed by atoms with Crippen LogP contribution in [-0.2, 0) is 0 Å². The summed E-state index contributed by atoms with van der Waals surface area (Å²) in [4.78, 5) is 0. The Morgan fingerprint density at radius 3 is 2.30 bits per heavy atom. The minimum absolute atomic E-state index is 0.0580. The summed E-state index contributed by atoms with van der Waals surface area (Å²) in [6.07, 6.45) is 0. The van der Waals surface area contributed by atoms with E-state index < -0.39 is 0 Å². The number of aliphatic hydroxyl groups excluding tert-OH is 2. The fourth-order valence-corrected chi connectivity index (χ4v) is 2.97. The Morgan fingerprint density at radius 1 is 0.900 bits per heavy atom. The average Bonchev–Trinajstić information content (AvgIpc) is 2.60. The lowest BCUT2D eigenvalue weighted by atomic mass is 9.82. The molecule has 20 heavy (non-hydrogen) atoms. The SMILES string of the molecule is OCC1c2ccccc2Oc2ccc(Cl)cc2C1CO. The number of rotatable bonds is 2. The topological polar surface area (TPSA) is 49.7 Å². The van der Waals surface area contributed by atoms with E-state index in [0.29, 0.717) is 16.5 Å². The lowest BCUT2D eigenvalue weighted by molar-refractivity contribution is 0.197. The third kappa shape index (κ3) is 2.18. The zero-order chi connectivity index (χ0) is 14.1. The minimum Gasteiger partial charge on any atom is -0.457 e. The Balaban J connectivity index is 2.21. The largest absolute Gasteiger partial charge is 0.457 e. The Labute approximate surface area is 122 Å². The molecule has 2 atom stereocenters. The molecular weight excluding hydrogens is 276 g/mol. The summed E-state index contributed by atoms with van der Waals surface area (Å²) in [6.45, 7) is -0.131. The zero-order valence-electron chi connectivity index (χ0n) is 10.8. The van der Waals surface area contributed by atoms with Gasteiger partial charge in [-0.25, -0.2) is 0 Å². The van der Waals surface area contributed by atoms with Crippen LogP contribution in [0.5, 0.6) is 11.5 Å². The van der Waals surface area contributed by atoms with E-state index in [1.165, 1.54) is 0 Å². The van der Waals surface area contributed by atoms with Gasteiger partial charge in [0, 0.05) is 28.0 Å². The molecule has 3 nitrogen and oxygen atoms in total. The number of aliphatic hydroxyl groups is 2. The van der Waals surface area contributed by atoms with Crippen molar-refractivity contribution in [1.29, 1.82) is 0 Å². The highest BCUT2D eigenvalue weighted by molar-refractivity contribution is 6.30. The van der Waals surface area contributed by atoms with Crippen LogP contribution in [0.1, 0.15) is 23.0 Å². The minimum atomic E-state index is -0.239. The molecule has 0 saturated carbocycles. The van der Waals surface area contributed by atoms with Crippen molar-refractivity contribution >= 4 is 11.6 Å². The van der Waals surface area contributed by atoms with Crippen LogP contribution in [0, 0.1) is 0 Å². The molecule has 0 radical (unpaired) electrons. The number of fused-ring (bicyclic) bond motifs is 2. The summed E-state index contributed by atoms with van der Waals surface area (Å²) in [5, 5.41) is 20.1. The van der Waals surface area contributed by atoms with Gasteiger partial charge in [0.1, 0.15) is 11.5 Å². The molecule has 4 heteroatoms. The van der Waals surface area contributed by atoms with Crippen LogP contribution in [-0.4, -0.2) is 23.4 Å². The molecule has 2 unspecified atom stereocenters. The summed E-state index contributed by atoms with van der Waals surface area (Å²) in [7, 11) is 0. The average molecular weight is 291 g/mol. The smallest absolute Gasteiger partial charge is 0.131 e. The molecule has 2 aromatic rings. The molecule has 1 aliphatic rings. The highest BCUT2D eigenvalue weighted by atomic mass is 35.5. The van der Waals surface area contributed by atoms with Crippen molar-refractivity contribution in [1.82, 2.24) is 0 Å². The summed E-state index contributed by atoms with van der Waals surface area (Å²) in [5.74, 6) is 0.941. The van der Waals surface area contributed by atoms with Crippen LogP contribution in [0.15, 0.2) is 42.5 Å².